The van der Waals surface area contributed by atoms with Gasteiger partial charge in [-0.15, -0.1) is 11.3 Å². The van der Waals surface area contributed by atoms with Crippen LogP contribution in [0.2, 0.25) is 0 Å². The molecule has 2 amide bonds. The van der Waals surface area contributed by atoms with Gasteiger partial charge in [-0.2, -0.15) is 4.99 Å². The molecule has 1 aliphatic rings. The number of nitrogens with one attached hydrogen (secondary N) is 1. The summed E-state index contributed by atoms with van der Waals surface area (Å²) in [6.45, 7) is 6.83. The zero-order chi connectivity index (χ0) is 23.2. The molecule has 2 aromatic heterocycles. The van der Waals surface area contributed by atoms with E-state index >= 15 is 0 Å². The second-order valence-corrected chi connectivity index (χ2v) is 9.07. The van der Waals surface area contributed by atoms with Crippen LogP contribution in [0.1, 0.15) is 42.2 Å². The molecule has 172 valence electrons. The molecule has 8 heteroatoms. The Labute approximate surface area is 197 Å². The maximum atomic E-state index is 12.8. The van der Waals surface area contributed by atoms with E-state index in [1.807, 2.05) is 18.4 Å². The molecule has 0 spiro atoms. The molecule has 4 rings (SSSR count). The SMILES string of the molecule is CC(=O)NCCCn1c(-c2ccc(N3CCCC3)cc2)csc1=NC(=O)c1ccc(C)nc1. The first kappa shape index (κ1) is 22.9. The van der Waals surface area contributed by atoms with Crippen LogP contribution in [0.25, 0.3) is 11.3 Å². The van der Waals surface area contributed by atoms with Crippen LogP contribution in [0, 0.1) is 6.92 Å². The summed E-state index contributed by atoms with van der Waals surface area (Å²) in [4.78, 5) is 35.7. The Hall–Kier alpha value is -3.26. The third-order valence-corrected chi connectivity index (χ3v) is 6.58. The summed E-state index contributed by atoms with van der Waals surface area (Å²) in [6, 6.07) is 12.2. The normalized spacial score (nSPS) is 14.0. The van der Waals surface area contributed by atoms with Crippen molar-refractivity contribution >= 4 is 28.8 Å². The second-order valence-electron chi connectivity index (χ2n) is 8.24. The monoisotopic (exact) mass is 463 g/mol. The zero-order valence-electron chi connectivity index (χ0n) is 19.1. The zero-order valence-corrected chi connectivity index (χ0v) is 19.9. The summed E-state index contributed by atoms with van der Waals surface area (Å²) in [5.41, 5.74) is 4.67. The van der Waals surface area contributed by atoms with Gasteiger partial charge in [-0.05, 0) is 56.0 Å². The van der Waals surface area contributed by atoms with Crippen molar-refractivity contribution < 1.29 is 9.59 Å². The van der Waals surface area contributed by atoms with Gasteiger partial charge in [0.1, 0.15) is 0 Å². The van der Waals surface area contributed by atoms with Crippen molar-refractivity contribution in [2.24, 2.45) is 4.99 Å². The molecule has 0 unspecified atom stereocenters. The molecule has 7 nitrogen and oxygen atoms in total. The lowest BCUT2D eigenvalue weighted by molar-refractivity contribution is -0.118. The number of hydrogen-bond acceptors (Lipinski definition) is 5. The van der Waals surface area contributed by atoms with Crippen LogP contribution < -0.4 is 15.0 Å². The lowest BCUT2D eigenvalue weighted by atomic mass is 10.1. The van der Waals surface area contributed by atoms with Gasteiger partial charge in [0.25, 0.3) is 5.91 Å². The van der Waals surface area contributed by atoms with Crippen molar-refractivity contribution in [2.45, 2.75) is 39.7 Å². The van der Waals surface area contributed by atoms with E-state index in [1.54, 1.807) is 12.3 Å². The number of amides is 2. The number of carbonyl (C=O) groups is 2. The number of rotatable bonds is 7. The molecule has 0 aliphatic carbocycles. The molecule has 3 aromatic rings. The highest BCUT2D eigenvalue weighted by atomic mass is 32.1. The molecule has 0 saturated carbocycles. The minimum Gasteiger partial charge on any atom is -0.372 e. The van der Waals surface area contributed by atoms with Gasteiger partial charge in [-0.3, -0.25) is 14.6 Å². The first-order chi connectivity index (χ1) is 16.0. The fourth-order valence-electron chi connectivity index (χ4n) is 3.93. The Balaban J connectivity index is 1.63. The predicted octanol–water partition coefficient (Wildman–Crippen LogP) is 3.79. The highest BCUT2D eigenvalue weighted by Gasteiger charge is 2.14. The predicted molar refractivity (Wildman–Crippen MR) is 131 cm³/mol. The number of nitrogens with zero attached hydrogens (tertiary/aromatic N) is 4. The Morgan fingerprint density at radius 2 is 1.88 bits per heavy atom. The molecule has 0 bridgehead atoms. The van der Waals surface area contributed by atoms with Crippen LogP contribution in [0.15, 0.2) is 53.0 Å². The largest absolute Gasteiger partial charge is 0.372 e. The van der Waals surface area contributed by atoms with E-state index in [0.717, 1.165) is 36.5 Å². The van der Waals surface area contributed by atoms with Crippen molar-refractivity contribution in [3.05, 3.63) is 64.0 Å². The third kappa shape index (κ3) is 5.76. The smallest absolute Gasteiger partial charge is 0.281 e. The number of carbonyl (C=O) groups excluding carboxylic acids is 2. The molecule has 0 radical (unpaired) electrons. The first-order valence-electron chi connectivity index (χ1n) is 11.3. The lowest BCUT2D eigenvalue weighted by Crippen LogP contribution is -2.24. The van der Waals surface area contributed by atoms with Gasteiger partial charge in [0.05, 0.1) is 11.3 Å². The maximum absolute atomic E-state index is 12.8. The summed E-state index contributed by atoms with van der Waals surface area (Å²) in [5.74, 6) is -0.356. The standard InChI is InChI=1S/C25H29N5O2S/c1-18-6-7-21(16-27-18)24(32)28-25-30(15-5-12-26-19(2)31)23(17-33-25)20-8-10-22(11-9-20)29-13-3-4-14-29/h6-11,16-17H,3-5,12-15H2,1-2H3,(H,26,31). The maximum Gasteiger partial charge on any atom is 0.281 e. The number of thiazole rings is 1. The minimum atomic E-state index is -0.309. The van der Waals surface area contributed by atoms with E-state index in [2.05, 4.69) is 49.0 Å². The van der Waals surface area contributed by atoms with Gasteiger partial charge in [0.2, 0.25) is 5.91 Å². The van der Waals surface area contributed by atoms with Crippen LogP contribution in [-0.2, 0) is 11.3 Å². The van der Waals surface area contributed by atoms with E-state index in [1.165, 1.54) is 36.8 Å². The number of pyridine rings is 1. The highest BCUT2D eigenvalue weighted by Crippen LogP contribution is 2.26. The van der Waals surface area contributed by atoms with Gasteiger partial charge in [-0.1, -0.05) is 12.1 Å². The quantitative estimate of drug-likeness (QED) is 0.541. The average molecular weight is 464 g/mol. The van der Waals surface area contributed by atoms with E-state index in [0.29, 0.717) is 23.5 Å². The highest BCUT2D eigenvalue weighted by molar-refractivity contribution is 7.07. The van der Waals surface area contributed by atoms with Crippen LogP contribution >= 0.6 is 11.3 Å². The topological polar surface area (TPSA) is 79.6 Å². The molecular weight excluding hydrogens is 434 g/mol. The molecule has 1 saturated heterocycles. The summed E-state index contributed by atoms with van der Waals surface area (Å²) < 4.78 is 2.07. The molecular formula is C25H29N5O2S. The Kier molecular flexibility index (Phi) is 7.34. The van der Waals surface area contributed by atoms with Gasteiger partial charge in [0.15, 0.2) is 4.80 Å². The molecule has 3 heterocycles. The number of hydrogen-bond donors (Lipinski definition) is 1. The van der Waals surface area contributed by atoms with Crippen molar-refractivity contribution in [3.63, 3.8) is 0 Å². The molecule has 1 N–H and O–H groups in total. The fraction of sp³-hybridized carbons (Fsp3) is 0.360. The van der Waals surface area contributed by atoms with Gasteiger partial charge < -0.3 is 14.8 Å². The van der Waals surface area contributed by atoms with Crippen LogP contribution in [0.5, 0.6) is 0 Å². The Morgan fingerprint density at radius 3 is 2.55 bits per heavy atom. The average Bonchev–Trinajstić information content (AvgIpc) is 3.48. The van der Waals surface area contributed by atoms with Crippen molar-refractivity contribution in [1.82, 2.24) is 14.9 Å². The summed E-state index contributed by atoms with van der Waals surface area (Å²) in [5, 5.41) is 4.88. The van der Waals surface area contributed by atoms with Crippen LogP contribution in [-0.4, -0.2) is 41.0 Å². The Bertz CT molecular complexity index is 1170. The molecule has 1 aliphatic heterocycles. The van der Waals surface area contributed by atoms with E-state index in [9.17, 15) is 9.59 Å². The van der Waals surface area contributed by atoms with Crippen molar-refractivity contribution in [3.8, 4) is 11.3 Å². The van der Waals surface area contributed by atoms with Crippen LogP contribution in [0.3, 0.4) is 0 Å². The minimum absolute atomic E-state index is 0.0463. The number of anilines is 1. The Morgan fingerprint density at radius 1 is 1.12 bits per heavy atom. The van der Waals surface area contributed by atoms with E-state index < -0.39 is 0 Å². The summed E-state index contributed by atoms with van der Waals surface area (Å²) in [7, 11) is 0. The van der Waals surface area contributed by atoms with E-state index in [4.69, 9.17) is 0 Å². The van der Waals surface area contributed by atoms with Gasteiger partial charge >= 0.3 is 0 Å². The number of aromatic nitrogens is 2. The second kappa shape index (κ2) is 10.6. The molecule has 1 aromatic carbocycles. The fourth-order valence-corrected chi connectivity index (χ4v) is 4.86. The van der Waals surface area contributed by atoms with Gasteiger partial charge in [-0.25, -0.2) is 0 Å². The summed E-state index contributed by atoms with van der Waals surface area (Å²) in [6.07, 6.45) is 4.79. The third-order valence-electron chi connectivity index (χ3n) is 5.72. The first-order valence-corrected chi connectivity index (χ1v) is 12.2. The molecule has 0 atom stereocenters. The van der Waals surface area contributed by atoms with Crippen molar-refractivity contribution in [2.75, 3.05) is 24.5 Å². The molecule has 33 heavy (non-hydrogen) atoms. The van der Waals surface area contributed by atoms with Crippen LogP contribution in [0.4, 0.5) is 5.69 Å². The summed E-state index contributed by atoms with van der Waals surface area (Å²) >= 11 is 1.45. The van der Waals surface area contributed by atoms with Crippen molar-refractivity contribution in [1.29, 1.82) is 0 Å². The van der Waals surface area contributed by atoms with Gasteiger partial charge in [0, 0.05) is 56.1 Å². The number of aryl methyl sites for hydroxylation is 1. The van der Waals surface area contributed by atoms with E-state index in [-0.39, 0.29) is 11.8 Å². The number of benzene rings is 1. The lowest BCUT2D eigenvalue weighted by Gasteiger charge is -2.18. The molecule has 1 fully saturated rings.